The SMILES string of the molecule is Cc1ccc(C(=O)OC2CCC(c3ccc(-c4ccccc4)c(F)c3F)CC2)c(F)c1. The second-order valence-corrected chi connectivity index (χ2v) is 8.06. The van der Waals surface area contributed by atoms with Crippen molar-refractivity contribution in [2.24, 2.45) is 0 Å². The summed E-state index contributed by atoms with van der Waals surface area (Å²) in [7, 11) is 0. The van der Waals surface area contributed by atoms with Crippen LogP contribution in [0.15, 0.2) is 60.7 Å². The number of benzene rings is 3. The van der Waals surface area contributed by atoms with Crippen molar-refractivity contribution >= 4 is 5.97 Å². The Balaban J connectivity index is 1.42. The van der Waals surface area contributed by atoms with Gasteiger partial charge in [-0.3, -0.25) is 0 Å². The summed E-state index contributed by atoms with van der Waals surface area (Å²) >= 11 is 0. The highest BCUT2D eigenvalue weighted by Crippen LogP contribution is 2.38. The van der Waals surface area contributed by atoms with Crippen molar-refractivity contribution in [1.29, 1.82) is 0 Å². The molecular formula is C26H23F3O2. The second kappa shape index (κ2) is 8.96. The monoisotopic (exact) mass is 424 g/mol. The minimum Gasteiger partial charge on any atom is -0.459 e. The van der Waals surface area contributed by atoms with Crippen molar-refractivity contribution in [3.05, 3.63) is 94.8 Å². The number of aryl methyl sites for hydroxylation is 1. The van der Waals surface area contributed by atoms with Crippen LogP contribution >= 0.6 is 0 Å². The van der Waals surface area contributed by atoms with Gasteiger partial charge in [-0.1, -0.05) is 48.5 Å². The number of carbonyl (C=O) groups is 1. The molecule has 160 valence electrons. The third kappa shape index (κ3) is 4.50. The van der Waals surface area contributed by atoms with Crippen molar-refractivity contribution in [3.8, 4) is 11.1 Å². The van der Waals surface area contributed by atoms with E-state index in [0.29, 0.717) is 36.8 Å². The Labute approximate surface area is 179 Å². The zero-order valence-corrected chi connectivity index (χ0v) is 17.2. The Morgan fingerprint density at radius 3 is 2.26 bits per heavy atom. The fourth-order valence-electron chi connectivity index (χ4n) is 4.21. The van der Waals surface area contributed by atoms with Crippen molar-refractivity contribution in [2.75, 3.05) is 0 Å². The standard InChI is InChI=1S/C26H23F3O2/c1-16-7-12-22(23(27)15-16)26(30)31-19-10-8-18(9-11-19)21-14-13-20(24(28)25(21)29)17-5-3-2-4-6-17/h2-7,12-15,18-19H,8-11H2,1H3. The van der Waals surface area contributed by atoms with Gasteiger partial charge >= 0.3 is 5.97 Å². The first-order valence-electron chi connectivity index (χ1n) is 10.4. The highest BCUT2D eigenvalue weighted by Gasteiger charge is 2.29. The molecule has 3 aromatic rings. The molecule has 0 radical (unpaired) electrons. The lowest BCUT2D eigenvalue weighted by molar-refractivity contribution is 0.0189. The third-order valence-electron chi connectivity index (χ3n) is 5.93. The van der Waals surface area contributed by atoms with E-state index < -0.39 is 23.4 Å². The molecule has 0 bridgehead atoms. The average molecular weight is 424 g/mol. The molecule has 1 aliphatic rings. The highest BCUT2D eigenvalue weighted by molar-refractivity contribution is 5.89. The van der Waals surface area contributed by atoms with E-state index in [1.54, 1.807) is 49.4 Å². The van der Waals surface area contributed by atoms with Gasteiger partial charge in [-0.05, 0) is 67.3 Å². The molecule has 0 aromatic heterocycles. The molecule has 1 aliphatic carbocycles. The van der Waals surface area contributed by atoms with Crippen molar-refractivity contribution in [3.63, 3.8) is 0 Å². The summed E-state index contributed by atoms with van der Waals surface area (Å²) in [6, 6.07) is 16.5. The van der Waals surface area contributed by atoms with E-state index in [-0.39, 0.29) is 23.1 Å². The van der Waals surface area contributed by atoms with Crippen LogP contribution < -0.4 is 0 Å². The molecule has 4 rings (SSSR count). The second-order valence-electron chi connectivity index (χ2n) is 8.06. The predicted octanol–water partition coefficient (Wildman–Crippen LogP) is 6.96. The summed E-state index contributed by atoms with van der Waals surface area (Å²) in [5.41, 5.74) is 1.86. The molecule has 3 aromatic carbocycles. The molecule has 0 N–H and O–H groups in total. The zero-order chi connectivity index (χ0) is 22.0. The number of hydrogen-bond acceptors (Lipinski definition) is 2. The minimum absolute atomic E-state index is 0.0858. The fourth-order valence-corrected chi connectivity index (χ4v) is 4.21. The van der Waals surface area contributed by atoms with Gasteiger partial charge in [-0.2, -0.15) is 0 Å². The summed E-state index contributed by atoms with van der Waals surface area (Å²) in [6.45, 7) is 1.74. The lowest BCUT2D eigenvalue weighted by Crippen LogP contribution is -2.24. The predicted molar refractivity (Wildman–Crippen MR) is 113 cm³/mol. The molecule has 0 amide bonds. The van der Waals surface area contributed by atoms with Crippen molar-refractivity contribution in [1.82, 2.24) is 0 Å². The van der Waals surface area contributed by atoms with E-state index >= 15 is 0 Å². The van der Waals surface area contributed by atoms with Gasteiger partial charge in [-0.25, -0.2) is 18.0 Å². The topological polar surface area (TPSA) is 26.3 Å². The van der Waals surface area contributed by atoms with Gasteiger partial charge in [0.25, 0.3) is 0 Å². The minimum atomic E-state index is -0.841. The van der Waals surface area contributed by atoms with Gasteiger partial charge in [0.05, 0.1) is 5.56 Å². The number of halogens is 3. The molecule has 31 heavy (non-hydrogen) atoms. The molecule has 0 aliphatic heterocycles. The lowest BCUT2D eigenvalue weighted by Gasteiger charge is -2.29. The molecule has 1 saturated carbocycles. The van der Waals surface area contributed by atoms with E-state index in [2.05, 4.69) is 0 Å². The zero-order valence-electron chi connectivity index (χ0n) is 17.2. The third-order valence-corrected chi connectivity index (χ3v) is 5.93. The van der Waals surface area contributed by atoms with Crippen LogP contribution in [0.4, 0.5) is 13.2 Å². The molecule has 0 spiro atoms. The maximum absolute atomic E-state index is 14.8. The van der Waals surface area contributed by atoms with Crippen LogP contribution in [0.5, 0.6) is 0 Å². The van der Waals surface area contributed by atoms with Gasteiger partial charge in [0.2, 0.25) is 0 Å². The van der Waals surface area contributed by atoms with Crippen LogP contribution in [0.2, 0.25) is 0 Å². The number of ether oxygens (including phenoxy) is 1. The van der Waals surface area contributed by atoms with E-state index in [4.69, 9.17) is 4.74 Å². The highest BCUT2D eigenvalue weighted by atomic mass is 19.2. The summed E-state index contributed by atoms with van der Waals surface area (Å²) in [5, 5.41) is 0. The molecule has 5 heteroatoms. The number of hydrogen-bond donors (Lipinski definition) is 0. The summed E-state index contributed by atoms with van der Waals surface area (Å²) in [5.74, 6) is -3.10. The number of esters is 1. The molecule has 0 atom stereocenters. The molecule has 2 nitrogen and oxygen atoms in total. The molecular weight excluding hydrogens is 401 g/mol. The van der Waals surface area contributed by atoms with E-state index in [0.717, 1.165) is 5.56 Å². The molecule has 0 unspecified atom stereocenters. The van der Waals surface area contributed by atoms with E-state index in [9.17, 15) is 18.0 Å². The van der Waals surface area contributed by atoms with Gasteiger partial charge in [0, 0.05) is 5.56 Å². The first kappa shape index (κ1) is 21.2. The van der Waals surface area contributed by atoms with E-state index in [1.165, 1.54) is 12.1 Å². The summed E-state index contributed by atoms with van der Waals surface area (Å²) < 4.78 is 49.0. The van der Waals surface area contributed by atoms with Crippen molar-refractivity contribution in [2.45, 2.75) is 44.6 Å². The smallest absolute Gasteiger partial charge is 0.341 e. The summed E-state index contributed by atoms with van der Waals surface area (Å²) in [4.78, 5) is 12.3. The maximum Gasteiger partial charge on any atom is 0.341 e. The van der Waals surface area contributed by atoms with Gasteiger partial charge in [-0.15, -0.1) is 0 Å². The Kier molecular flexibility index (Phi) is 6.12. The largest absolute Gasteiger partial charge is 0.459 e. The first-order valence-corrected chi connectivity index (χ1v) is 10.4. The van der Waals surface area contributed by atoms with Crippen LogP contribution in [0.25, 0.3) is 11.1 Å². The Morgan fingerprint density at radius 1 is 0.871 bits per heavy atom. The number of rotatable bonds is 4. The average Bonchev–Trinajstić information content (AvgIpc) is 2.77. The summed E-state index contributed by atoms with van der Waals surface area (Å²) in [6.07, 6.45) is 1.81. The molecule has 0 heterocycles. The van der Waals surface area contributed by atoms with Crippen LogP contribution in [-0.2, 0) is 4.74 Å². The maximum atomic E-state index is 14.8. The first-order chi connectivity index (χ1) is 14.9. The molecule has 1 fully saturated rings. The van der Waals surface area contributed by atoms with Gasteiger partial charge < -0.3 is 4.74 Å². The normalized spacial score (nSPS) is 18.6. The Bertz CT molecular complexity index is 1090. The Morgan fingerprint density at radius 2 is 1.58 bits per heavy atom. The number of carbonyl (C=O) groups excluding carboxylic acids is 1. The van der Waals surface area contributed by atoms with Gasteiger partial charge in [0.15, 0.2) is 11.6 Å². The van der Waals surface area contributed by atoms with E-state index in [1.807, 2.05) is 6.07 Å². The lowest BCUT2D eigenvalue weighted by atomic mass is 9.82. The quantitative estimate of drug-likeness (QED) is 0.423. The van der Waals surface area contributed by atoms with Crippen LogP contribution in [-0.4, -0.2) is 12.1 Å². The van der Waals surface area contributed by atoms with Gasteiger partial charge in [0.1, 0.15) is 11.9 Å². The molecule has 0 saturated heterocycles. The van der Waals surface area contributed by atoms with Crippen LogP contribution in [0.1, 0.15) is 53.1 Å². The van der Waals surface area contributed by atoms with Crippen molar-refractivity contribution < 1.29 is 22.7 Å². The van der Waals surface area contributed by atoms with Crippen LogP contribution in [0, 0.1) is 24.4 Å². The van der Waals surface area contributed by atoms with Crippen LogP contribution in [0.3, 0.4) is 0 Å². The Hall–Kier alpha value is -3.08. The fraction of sp³-hybridized carbons (Fsp3) is 0.269.